The summed E-state index contributed by atoms with van der Waals surface area (Å²) >= 11 is 6.11. The van der Waals surface area contributed by atoms with E-state index in [2.05, 4.69) is 5.32 Å². The van der Waals surface area contributed by atoms with Crippen molar-refractivity contribution in [2.75, 3.05) is 6.54 Å². The van der Waals surface area contributed by atoms with Crippen LogP contribution in [0.25, 0.3) is 0 Å². The number of aliphatic hydroxyl groups excluding tert-OH is 1. The Labute approximate surface area is 207 Å². The van der Waals surface area contributed by atoms with Crippen molar-refractivity contribution in [3.05, 3.63) is 93.8 Å². The van der Waals surface area contributed by atoms with Gasteiger partial charge in [-0.2, -0.15) is 26.3 Å². The molecule has 11 heteroatoms. The van der Waals surface area contributed by atoms with E-state index in [1.54, 1.807) is 18.2 Å². The molecule has 3 rings (SSSR count). The quantitative estimate of drug-likeness (QED) is 0.294. The Hall–Kier alpha value is -2.82. The lowest BCUT2D eigenvalue weighted by atomic mass is 9.95. The second kappa shape index (κ2) is 11.1. The highest BCUT2D eigenvalue weighted by molar-refractivity contribution is 6.31. The summed E-state index contributed by atoms with van der Waals surface area (Å²) in [4.78, 5) is 0. The molecule has 3 nitrogen and oxygen atoms in total. The Morgan fingerprint density at radius 2 is 1.64 bits per heavy atom. The molecule has 2 N–H and O–H groups in total. The van der Waals surface area contributed by atoms with Gasteiger partial charge in [0.25, 0.3) is 0 Å². The number of hydrogen-bond acceptors (Lipinski definition) is 3. The fourth-order valence-electron chi connectivity index (χ4n) is 3.47. The summed E-state index contributed by atoms with van der Waals surface area (Å²) in [5.74, 6) is -0.471. The van der Waals surface area contributed by atoms with Crippen LogP contribution in [0.15, 0.2) is 60.7 Å². The highest BCUT2D eigenvalue weighted by atomic mass is 35.5. The molecule has 0 amide bonds. The highest BCUT2D eigenvalue weighted by Gasteiger charge is 2.39. The standard InChI is InChI=1S/C25H21ClF7NO2/c1-2-14-10-18(7-8-20(14)26)36-17-5-3-4-15(11-17)23(34-13-22(35)25(31,32)33)19-12-16(24(28,29)30)6-9-21(19)27/h3-12,22-23,34-35H,2,13H2,1H3. The third-order valence-corrected chi connectivity index (χ3v) is 5.72. The van der Waals surface area contributed by atoms with Gasteiger partial charge in [-0.15, -0.1) is 0 Å². The zero-order valence-electron chi connectivity index (χ0n) is 18.7. The molecule has 3 aromatic rings. The van der Waals surface area contributed by atoms with Crippen molar-refractivity contribution in [1.29, 1.82) is 0 Å². The zero-order chi connectivity index (χ0) is 26.7. The number of halogens is 8. The molecule has 36 heavy (non-hydrogen) atoms. The van der Waals surface area contributed by atoms with Crippen LogP contribution in [0.1, 0.15) is 35.2 Å². The summed E-state index contributed by atoms with van der Waals surface area (Å²) in [5.41, 5.74) is -0.805. The number of aryl methyl sites for hydroxylation is 1. The molecule has 3 aromatic carbocycles. The average Bonchev–Trinajstić information content (AvgIpc) is 2.80. The molecule has 2 atom stereocenters. The fourth-order valence-corrected chi connectivity index (χ4v) is 3.72. The molecule has 0 spiro atoms. The molecule has 0 saturated carbocycles. The first kappa shape index (κ1) is 27.8. The van der Waals surface area contributed by atoms with Gasteiger partial charge in [0.1, 0.15) is 17.3 Å². The van der Waals surface area contributed by atoms with E-state index in [1.807, 2.05) is 6.92 Å². The van der Waals surface area contributed by atoms with Crippen LogP contribution in [0.2, 0.25) is 5.02 Å². The Bertz CT molecular complexity index is 1200. The molecular formula is C25H21ClF7NO2. The summed E-state index contributed by atoms with van der Waals surface area (Å²) in [5, 5.41) is 12.3. The Morgan fingerprint density at radius 3 is 2.28 bits per heavy atom. The van der Waals surface area contributed by atoms with Crippen molar-refractivity contribution in [3.8, 4) is 11.5 Å². The highest BCUT2D eigenvalue weighted by Crippen LogP contribution is 2.35. The Balaban J connectivity index is 2.01. The monoisotopic (exact) mass is 535 g/mol. The van der Waals surface area contributed by atoms with Crippen LogP contribution < -0.4 is 10.1 Å². The van der Waals surface area contributed by atoms with Gasteiger partial charge in [-0.3, -0.25) is 0 Å². The first-order valence-electron chi connectivity index (χ1n) is 10.7. The summed E-state index contributed by atoms with van der Waals surface area (Å²) in [7, 11) is 0. The SMILES string of the molecule is CCc1cc(Oc2cccc(C(NCC(O)C(F)(F)F)c3cc(C(F)(F)F)ccc3F)c2)ccc1Cl. The number of hydrogen-bond donors (Lipinski definition) is 2. The molecule has 0 heterocycles. The lowest BCUT2D eigenvalue weighted by Crippen LogP contribution is -2.40. The zero-order valence-corrected chi connectivity index (χ0v) is 19.5. The minimum Gasteiger partial charge on any atom is -0.457 e. The number of aliphatic hydroxyl groups is 1. The van der Waals surface area contributed by atoms with E-state index in [0.29, 0.717) is 35.4 Å². The molecule has 0 radical (unpaired) electrons. The van der Waals surface area contributed by atoms with Gasteiger partial charge in [-0.25, -0.2) is 4.39 Å². The molecule has 0 bridgehead atoms. The first-order chi connectivity index (χ1) is 16.8. The molecule has 0 saturated heterocycles. The summed E-state index contributed by atoms with van der Waals surface area (Å²) in [6.45, 7) is 0.798. The Kier molecular flexibility index (Phi) is 8.53. The lowest BCUT2D eigenvalue weighted by molar-refractivity contribution is -0.202. The normalized spacial score (nSPS) is 13.9. The van der Waals surface area contributed by atoms with E-state index < -0.39 is 48.0 Å². The smallest absolute Gasteiger partial charge is 0.416 e. The van der Waals surface area contributed by atoms with Crippen molar-refractivity contribution in [2.45, 2.75) is 37.8 Å². The van der Waals surface area contributed by atoms with Gasteiger partial charge in [0.05, 0.1) is 11.6 Å². The maximum atomic E-state index is 14.7. The summed E-state index contributed by atoms with van der Waals surface area (Å²) < 4.78 is 98.9. The van der Waals surface area contributed by atoms with Crippen molar-refractivity contribution < 1.29 is 40.6 Å². The van der Waals surface area contributed by atoms with Crippen molar-refractivity contribution in [1.82, 2.24) is 5.32 Å². The van der Waals surface area contributed by atoms with E-state index in [0.717, 1.165) is 5.56 Å². The van der Waals surface area contributed by atoms with Gasteiger partial charge in [0.2, 0.25) is 0 Å². The van der Waals surface area contributed by atoms with E-state index in [4.69, 9.17) is 16.3 Å². The van der Waals surface area contributed by atoms with Crippen LogP contribution >= 0.6 is 11.6 Å². The fraction of sp³-hybridized carbons (Fsp3) is 0.280. The van der Waals surface area contributed by atoms with Crippen LogP contribution in [-0.4, -0.2) is 23.9 Å². The number of benzene rings is 3. The predicted molar refractivity (Wildman–Crippen MR) is 121 cm³/mol. The molecule has 0 aliphatic carbocycles. The summed E-state index contributed by atoms with van der Waals surface area (Å²) in [6.07, 6.45) is -12.0. The van der Waals surface area contributed by atoms with Gasteiger partial charge in [0, 0.05) is 17.1 Å². The second-order valence-corrected chi connectivity index (χ2v) is 8.32. The van der Waals surface area contributed by atoms with Gasteiger partial charge in [0.15, 0.2) is 6.10 Å². The molecule has 0 fully saturated rings. The minimum atomic E-state index is -4.99. The predicted octanol–water partition coefficient (Wildman–Crippen LogP) is 7.45. The average molecular weight is 536 g/mol. The van der Waals surface area contributed by atoms with Crippen molar-refractivity contribution in [2.24, 2.45) is 0 Å². The van der Waals surface area contributed by atoms with Gasteiger partial charge >= 0.3 is 12.4 Å². The second-order valence-electron chi connectivity index (χ2n) is 7.91. The first-order valence-corrected chi connectivity index (χ1v) is 11.1. The summed E-state index contributed by atoms with van der Waals surface area (Å²) in [6, 6.07) is 10.8. The molecule has 194 valence electrons. The molecule has 0 aliphatic heterocycles. The lowest BCUT2D eigenvalue weighted by Gasteiger charge is -2.24. The third-order valence-electron chi connectivity index (χ3n) is 5.35. The molecule has 0 aliphatic rings. The minimum absolute atomic E-state index is 0.116. The van der Waals surface area contributed by atoms with Gasteiger partial charge in [-0.05, 0) is 66.1 Å². The van der Waals surface area contributed by atoms with E-state index in [1.165, 1.54) is 24.3 Å². The Morgan fingerprint density at radius 1 is 0.944 bits per heavy atom. The van der Waals surface area contributed by atoms with E-state index >= 15 is 0 Å². The number of rotatable bonds is 8. The molecule has 2 unspecified atom stereocenters. The van der Waals surface area contributed by atoms with Crippen LogP contribution in [-0.2, 0) is 12.6 Å². The molecule has 0 aromatic heterocycles. The maximum Gasteiger partial charge on any atom is 0.416 e. The van der Waals surface area contributed by atoms with Crippen LogP contribution in [0, 0.1) is 5.82 Å². The van der Waals surface area contributed by atoms with Crippen LogP contribution in [0.5, 0.6) is 11.5 Å². The molecular weight excluding hydrogens is 515 g/mol. The number of alkyl halides is 6. The van der Waals surface area contributed by atoms with Crippen molar-refractivity contribution in [3.63, 3.8) is 0 Å². The van der Waals surface area contributed by atoms with Gasteiger partial charge in [-0.1, -0.05) is 30.7 Å². The van der Waals surface area contributed by atoms with Crippen LogP contribution in [0.3, 0.4) is 0 Å². The largest absolute Gasteiger partial charge is 0.457 e. The van der Waals surface area contributed by atoms with E-state index in [-0.39, 0.29) is 11.3 Å². The maximum absolute atomic E-state index is 14.7. The third kappa shape index (κ3) is 6.89. The number of nitrogens with one attached hydrogen (secondary N) is 1. The van der Waals surface area contributed by atoms with E-state index in [9.17, 15) is 35.8 Å². The number of ether oxygens (including phenoxy) is 1. The van der Waals surface area contributed by atoms with Crippen LogP contribution in [0.4, 0.5) is 30.7 Å². The topological polar surface area (TPSA) is 41.5 Å². The van der Waals surface area contributed by atoms with Gasteiger partial charge < -0.3 is 15.2 Å². The van der Waals surface area contributed by atoms with Crippen molar-refractivity contribution >= 4 is 11.6 Å².